The zero-order valence-electron chi connectivity index (χ0n) is 12.9. The molecule has 1 aromatic carbocycles. The molecule has 3 rings (SSSR count). The highest BCUT2D eigenvalue weighted by molar-refractivity contribution is 7.17. The molecule has 0 saturated carbocycles. The van der Waals surface area contributed by atoms with Gasteiger partial charge < -0.3 is 10.1 Å². The highest BCUT2D eigenvalue weighted by Crippen LogP contribution is 2.33. The Kier molecular flexibility index (Phi) is 4.34. The first kappa shape index (κ1) is 15.8. The molecule has 0 amide bonds. The van der Waals surface area contributed by atoms with E-state index in [1.165, 1.54) is 23.5 Å². The van der Waals surface area contributed by atoms with Crippen molar-refractivity contribution in [1.29, 1.82) is 0 Å². The first-order chi connectivity index (χ1) is 11.6. The number of benzene rings is 1. The molecular weight excluding hydrogens is 330 g/mol. The van der Waals surface area contributed by atoms with Crippen LogP contribution in [0.5, 0.6) is 5.19 Å². The Balaban J connectivity index is 1.89. The molecule has 0 aliphatic heterocycles. The second-order valence-corrected chi connectivity index (χ2v) is 5.76. The number of non-ortho nitro benzene ring substituents is 1. The summed E-state index contributed by atoms with van der Waals surface area (Å²) in [5.41, 5.74) is 2.06. The van der Waals surface area contributed by atoms with Crippen molar-refractivity contribution in [3.63, 3.8) is 0 Å². The summed E-state index contributed by atoms with van der Waals surface area (Å²) in [5.74, 6) is 0.347. The quantitative estimate of drug-likeness (QED) is 0.558. The number of hydrogen-bond acceptors (Lipinski definition) is 8. The van der Waals surface area contributed by atoms with Crippen molar-refractivity contribution in [2.45, 2.75) is 6.92 Å². The van der Waals surface area contributed by atoms with Gasteiger partial charge in [-0.05, 0) is 19.1 Å². The van der Waals surface area contributed by atoms with Crippen LogP contribution in [0, 0.1) is 17.0 Å². The zero-order chi connectivity index (χ0) is 17.1. The van der Waals surface area contributed by atoms with Crippen LogP contribution in [0.15, 0.2) is 36.5 Å². The smallest absolute Gasteiger partial charge is 0.273 e. The normalized spacial score (nSPS) is 10.4. The minimum atomic E-state index is -0.449. The number of methoxy groups -OCH3 is 1. The fourth-order valence-electron chi connectivity index (χ4n) is 2.07. The van der Waals surface area contributed by atoms with Crippen molar-refractivity contribution < 1.29 is 9.66 Å². The SMILES string of the molecule is COc1nc(C)c(-c2ccnc(Nc3cccc([N+](=O)[O-])c3)n2)s1. The summed E-state index contributed by atoms with van der Waals surface area (Å²) in [6.45, 7) is 1.88. The molecule has 0 saturated heterocycles. The summed E-state index contributed by atoms with van der Waals surface area (Å²) >= 11 is 1.39. The molecule has 0 fully saturated rings. The number of nitro benzene ring substituents is 1. The van der Waals surface area contributed by atoms with Crippen LogP contribution in [0.3, 0.4) is 0 Å². The van der Waals surface area contributed by atoms with Gasteiger partial charge >= 0.3 is 0 Å². The fraction of sp³-hybridized carbons (Fsp3) is 0.133. The predicted molar refractivity (Wildman–Crippen MR) is 90.8 cm³/mol. The van der Waals surface area contributed by atoms with E-state index in [0.29, 0.717) is 22.5 Å². The van der Waals surface area contributed by atoms with Crippen LogP contribution in [-0.4, -0.2) is 27.0 Å². The number of rotatable bonds is 5. The van der Waals surface area contributed by atoms with Gasteiger partial charge in [-0.15, -0.1) is 0 Å². The molecule has 0 aliphatic rings. The highest BCUT2D eigenvalue weighted by atomic mass is 32.1. The Morgan fingerprint density at radius 2 is 2.12 bits per heavy atom. The minimum absolute atomic E-state index is 0.000748. The molecule has 0 spiro atoms. The number of ether oxygens (including phenoxy) is 1. The molecule has 9 heteroatoms. The van der Waals surface area contributed by atoms with Crippen molar-refractivity contribution in [1.82, 2.24) is 15.0 Å². The molecule has 0 unspecified atom stereocenters. The number of aromatic nitrogens is 3. The maximum atomic E-state index is 10.8. The van der Waals surface area contributed by atoms with Gasteiger partial charge in [-0.2, -0.15) is 0 Å². The van der Waals surface area contributed by atoms with Crippen molar-refractivity contribution in [3.8, 4) is 15.8 Å². The second kappa shape index (κ2) is 6.59. The molecule has 3 aromatic rings. The molecule has 8 nitrogen and oxygen atoms in total. The fourth-order valence-corrected chi connectivity index (χ4v) is 2.92. The first-order valence-electron chi connectivity index (χ1n) is 6.93. The molecule has 2 aromatic heterocycles. The van der Waals surface area contributed by atoms with E-state index in [4.69, 9.17) is 4.74 Å². The van der Waals surface area contributed by atoms with E-state index in [0.717, 1.165) is 10.6 Å². The highest BCUT2D eigenvalue weighted by Gasteiger charge is 2.13. The van der Waals surface area contributed by atoms with E-state index in [-0.39, 0.29) is 5.69 Å². The van der Waals surface area contributed by atoms with Crippen LogP contribution >= 0.6 is 11.3 Å². The van der Waals surface area contributed by atoms with Gasteiger partial charge in [0.15, 0.2) is 0 Å². The van der Waals surface area contributed by atoms with Gasteiger partial charge in [0.2, 0.25) is 5.95 Å². The molecular formula is C15H13N5O3S. The summed E-state index contributed by atoms with van der Waals surface area (Å²) in [7, 11) is 1.57. The van der Waals surface area contributed by atoms with Gasteiger partial charge in [-0.3, -0.25) is 10.1 Å². The average Bonchev–Trinajstić information content (AvgIpc) is 2.96. The van der Waals surface area contributed by atoms with Gasteiger partial charge in [0.25, 0.3) is 10.9 Å². The maximum absolute atomic E-state index is 10.8. The Hall–Kier alpha value is -3.07. The third kappa shape index (κ3) is 3.30. The van der Waals surface area contributed by atoms with Gasteiger partial charge in [0.1, 0.15) is 0 Å². The summed E-state index contributed by atoms with van der Waals surface area (Å²) in [5, 5.41) is 14.4. The predicted octanol–water partition coefficient (Wildman–Crippen LogP) is 3.57. The Morgan fingerprint density at radius 3 is 2.83 bits per heavy atom. The lowest BCUT2D eigenvalue weighted by atomic mass is 10.3. The number of hydrogen-bond donors (Lipinski definition) is 1. The van der Waals surface area contributed by atoms with Crippen LogP contribution in [0.25, 0.3) is 10.6 Å². The lowest BCUT2D eigenvalue weighted by Gasteiger charge is -2.06. The number of anilines is 2. The van der Waals surface area contributed by atoms with E-state index in [9.17, 15) is 10.1 Å². The number of nitro groups is 1. The molecule has 2 heterocycles. The molecule has 0 bridgehead atoms. The van der Waals surface area contributed by atoms with Crippen molar-refractivity contribution in [2.75, 3.05) is 12.4 Å². The first-order valence-corrected chi connectivity index (χ1v) is 7.75. The minimum Gasteiger partial charge on any atom is -0.473 e. The molecule has 1 N–H and O–H groups in total. The second-order valence-electron chi connectivity index (χ2n) is 4.80. The van der Waals surface area contributed by atoms with Crippen LogP contribution in [-0.2, 0) is 0 Å². The molecule has 122 valence electrons. The van der Waals surface area contributed by atoms with Gasteiger partial charge in [-0.25, -0.2) is 15.0 Å². The number of nitrogens with one attached hydrogen (secondary N) is 1. The zero-order valence-corrected chi connectivity index (χ0v) is 13.7. The van der Waals surface area contributed by atoms with Crippen molar-refractivity contribution in [2.24, 2.45) is 0 Å². The van der Waals surface area contributed by atoms with Crippen LogP contribution in [0.4, 0.5) is 17.3 Å². The average molecular weight is 343 g/mol. The third-order valence-corrected chi connectivity index (χ3v) is 4.29. The van der Waals surface area contributed by atoms with E-state index < -0.39 is 4.92 Å². The standard InChI is InChI=1S/C15H13N5O3S/c1-9-13(24-15(17-9)23-2)12-6-7-16-14(19-12)18-10-4-3-5-11(8-10)20(21)22/h3-8H,1-2H3,(H,16,18,19). The number of nitrogens with zero attached hydrogens (tertiary/aromatic N) is 4. The van der Waals surface area contributed by atoms with E-state index in [2.05, 4.69) is 20.3 Å². The molecule has 0 atom stereocenters. The van der Waals surface area contributed by atoms with E-state index in [1.807, 2.05) is 6.92 Å². The number of thiazole rings is 1. The monoisotopic (exact) mass is 343 g/mol. The summed E-state index contributed by atoms with van der Waals surface area (Å²) < 4.78 is 5.14. The summed E-state index contributed by atoms with van der Waals surface area (Å²) in [6, 6.07) is 7.94. The number of aryl methyl sites for hydroxylation is 1. The Morgan fingerprint density at radius 1 is 1.29 bits per heavy atom. The van der Waals surface area contributed by atoms with Crippen molar-refractivity contribution >= 4 is 28.7 Å². The van der Waals surface area contributed by atoms with E-state index >= 15 is 0 Å². The van der Waals surface area contributed by atoms with Gasteiger partial charge in [0.05, 0.1) is 28.3 Å². The largest absolute Gasteiger partial charge is 0.473 e. The van der Waals surface area contributed by atoms with Crippen LogP contribution < -0.4 is 10.1 Å². The third-order valence-electron chi connectivity index (χ3n) is 3.15. The van der Waals surface area contributed by atoms with Crippen molar-refractivity contribution in [3.05, 3.63) is 52.3 Å². The Bertz CT molecular complexity index is 896. The molecule has 24 heavy (non-hydrogen) atoms. The Labute approximate surface area is 141 Å². The van der Waals surface area contributed by atoms with Crippen LogP contribution in [0.1, 0.15) is 5.69 Å². The lowest BCUT2D eigenvalue weighted by Crippen LogP contribution is -1.98. The van der Waals surface area contributed by atoms with Crippen LogP contribution in [0.2, 0.25) is 0 Å². The van der Waals surface area contributed by atoms with Gasteiger partial charge in [-0.1, -0.05) is 17.4 Å². The molecule has 0 radical (unpaired) electrons. The topological polar surface area (TPSA) is 103 Å². The maximum Gasteiger partial charge on any atom is 0.273 e. The molecule has 0 aliphatic carbocycles. The van der Waals surface area contributed by atoms with E-state index in [1.54, 1.807) is 31.5 Å². The lowest BCUT2D eigenvalue weighted by molar-refractivity contribution is -0.384. The summed E-state index contributed by atoms with van der Waals surface area (Å²) in [4.78, 5) is 24.2. The summed E-state index contributed by atoms with van der Waals surface area (Å²) in [6.07, 6.45) is 1.62. The van der Waals surface area contributed by atoms with Gasteiger partial charge in [0, 0.05) is 24.0 Å².